The molecule has 1 aliphatic heterocycles. The number of allylic oxidation sites excluding steroid dienone is 5. The van der Waals surface area contributed by atoms with Gasteiger partial charge in [0.1, 0.15) is 5.82 Å². The Morgan fingerprint density at radius 2 is 1.89 bits per heavy atom. The Kier molecular flexibility index (Phi) is 2.65. The van der Waals surface area contributed by atoms with Crippen molar-refractivity contribution in [1.29, 1.82) is 0 Å². The van der Waals surface area contributed by atoms with Crippen LogP contribution < -0.4 is 10.4 Å². The molecule has 91 valence electrons. The summed E-state index contributed by atoms with van der Waals surface area (Å²) in [6.07, 6.45) is 7.81. The second kappa shape index (κ2) is 4.19. The van der Waals surface area contributed by atoms with Crippen molar-refractivity contribution in [3.8, 4) is 0 Å². The summed E-state index contributed by atoms with van der Waals surface area (Å²) in [6, 6.07) is 5.24. The zero-order chi connectivity index (χ0) is 12.7. The molecule has 0 atom stereocenters. The molecule has 0 bridgehead atoms. The lowest BCUT2D eigenvalue weighted by molar-refractivity contribution is 1.20. The van der Waals surface area contributed by atoms with Crippen molar-refractivity contribution in [2.45, 2.75) is 6.92 Å². The molecule has 1 aromatic carbocycles. The molecule has 3 rings (SSSR count). The number of benzene rings is 1. The summed E-state index contributed by atoms with van der Waals surface area (Å²) in [7, 11) is 0. The zero-order valence-corrected chi connectivity index (χ0v) is 10.5. The number of anilines is 2. The van der Waals surface area contributed by atoms with Crippen LogP contribution in [0.4, 0.5) is 11.4 Å². The fraction of sp³-hybridized carbons (Fsp3) is 0.0714. The van der Waals surface area contributed by atoms with E-state index in [0.29, 0.717) is 16.5 Å². The molecule has 1 aliphatic carbocycles. The van der Waals surface area contributed by atoms with Crippen LogP contribution in [0.15, 0.2) is 53.9 Å². The van der Waals surface area contributed by atoms with Gasteiger partial charge in [0.2, 0.25) is 0 Å². The molecule has 4 heteroatoms. The van der Waals surface area contributed by atoms with Gasteiger partial charge in [0.15, 0.2) is 0 Å². The molecule has 1 N–H and O–H groups in total. The third-order valence-electron chi connectivity index (χ3n) is 2.96. The minimum absolute atomic E-state index is 0.535. The highest BCUT2D eigenvalue weighted by Crippen LogP contribution is 2.39. The summed E-state index contributed by atoms with van der Waals surface area (Å²) in [5, 5.41) is 16.7. The maximum atomic E-state index is 12.2. The lowest BCUT2D eigenvalue weighted by Gasteiger charge is -2.27. The third-order valence-corrected chi connectivity index (χ3v) is 3.19. The van der Waals surface area contributed by atoms with E-state index in [1.165, 1.54) is 0 Å². The second-order valence-electron chi connectivity index (χ2n) is 4.30. The van der Waals surface area contributed by atoms with E-state index < -0.39 is 0 Å². The molecule has 0 unspecified atom stereocenters. The van der Waals surface area contributed by atoms with E-state index in [1.54, 1.807) is 12.1 Å². The van der Waals surface area contributed by atoms with E-state index in [0.717, 1.165) is 22.2 Å². The van der Waals surface area contributed by atoms with Crippen LogP contribution in [0.25, 0.3) is 0 Å². The van der Waals surface area contributed by atoms with Crippen LogP contribution in [0.5, 0.6) is 0 Å². The van der Waals surface area contributed by atoms with Gasteiger partial charge in [0.05, 0.1) is 11.4 Å². The molecule has 0 fully saturated rings. The molecular weight excluding hydrogens is 248 g/mol. The Morgan fingerprint density at radius 1 is 1.17 bits per heavy atom. The summed E-state index contributed by atoms with van der Waals surface area (Å²) in [4.78, 5) is 0. The van der Waals surface area contributed by atoms with Crippen molar-refractivity contribution in [1.82, 2.24) is 0 Å². The number of fused-ring (bicyclic) bond motifs is 1. The Labute approximate surface area is 111 Å². The van der Waals surface area contributed by atoms with Crippen LogP contribution >= 0.6 is 11.6 Å². The van der Waals surface area contributed by atoms with E-state index in [-0.39, 0.29) is 0 Å². The summed E-state index contributed by atoms with van der Waals surface area (Å²) >= 11 is 5.90. The molecule has 0 aromatic heterocycles. The van der Waals surface area contributed by atoms with E-state index in [4.69, 9.17) is 11.6 Å². The smallest absolute Gasteiger partial charge is 0.107 e. The fourth-order valence-corrected chi connectivity index (χ4v) is 2.14. The highest BCUT2D eigenvalue weighted by Gasteiger charge is 2.19. The molecule has 0 saturated heterocycles. The van der Waals surface area contributed by atoms with Gasteiger partial charge in [-0.05, 0) is 18.2 Å². The fourth-order valence-electron chi connectivity index (χ4n) is 1.98. The highest BCUT2D eigenvalue weighted by atomic mass is 35.5. The van der Waals surface area contributed by atoms with Gasteiger partial charge in [0.25, 0.3) is 0 Å². The molecule has 2 aliphatic rings. The molecule has 0 amide bonds. The Morgan fingerprint density at radius 3 is 2.61 bits per heavy atom. The van der Waals surface area contributed by atoms with Crippen molar-refractivity contribution in [2.75, 3.05) is 10.4 Å². The molecule has 1 radical (unpaired) electrons. The first-order valence-corrected chi connectivity index (χ1v) is 6.01. The maximum absolute atomic E-state index is 12.2. The SMILES string of the molecule is C[C]1C=CC(=C2Nc3ccc(Cl)cc3N2[O-])C=C1. The normalized spacial score (nSPS) is 18.3. The van der Waals surface area contributed by atoms with Crippen molar-refractivity contribution < 1.29 is 0 Å². The number of rotatable bonds is 0. The molecule has 1 heterocycles. The van der Waals surface area contributed by atoms with Gasteiger partial charge in [-0.1, -0.05) is 42.8 Å². The van der Waals surface area contributed by atoms with E-state index in [1.807, 2.05) is 37.3 Å². The Balaban J connectivity index is 2.02. The Hall–Kier alpha value is -1.71. The first-order chi connectivity index (χ1) is 8.65. The molecule has 0 spiro atoms. The number of hydrogen-bond acceptors (Lipinski definition) is 3. The van der Waals surface area contributed by atoms with Crippen molar-refractivity contribution in [3.63, 3.8) is 0 Å². The maximum Gasteiger partial charge on any atom is 0.107 e. The molecular formula is C14H11ClN2O-. The number of nitrogens with one attached hydrogen (secondary N) is 1. The van der Waals surface area contributed by atoms with Gasteiger partial charge in [0, 0.05) is 16.5 Å². The average Bonchev–Trinajstić information content (AvgIpc) is 2.68. The molecule has 3 nitrogen and oxygen atoms in total. The topological polar surface area (TPSA) is 38.3 Å². The standard InChI is InChI=1S/C14H11ClN2O/c1-9-2-4-10(5-3-9)14-16-12-7-6-11(15)8-13(12)17(14)18/h2-8,16H,1H3/q-1. The lowest BCUT2D eigenvalue weighted by Crippen LogP contribution is -2.14. The Bertz CT molecular complexity index is 573. The van der Waals surface area contributed by atoms with Crippen molar-refractivity contribution in [2.24, 2.45) is 0 Å². The number of hydrogen-bond donors (Lipinski definition) is 1. The van der Waals surface area contributed by atoms with Crippen molar-refractivity contribution in [3.05, 3.63) is 70.0 Å². The van der Waals surface area contributed by atoms with Crippen LogP contribution in [-0.4, -0.2) is 0 Å². The van der Waals surface area contributed by atoms with Gasteiger partial charge in [-0.15, -0.1) is 0 Å². The van der Waals surface area contributed by atoms with Crippen LogP contribution in [0.3, 0.4) is 0 Å². The van der Waals surface area contributed by atoms with Crippen molar-refractivity contribution >= 4 is 23.0 Å². The average molecular weight is 259 g/mol. The van der Waals surface area contributed by atoms with Gasteiger partial charge in [-0.3, -0.25) is 0 Å². The third kappa shape index (κ3) is 1.82. The lowest BCUT2D eigenvalue weighted by atomic mass is 10.0. The molecule has 18 heavy (non-hydrogen) atoms. The highest BCUT2D eigenvalue weighted by molar-refractivity contribution is 6.31. The van der Waals surface area contributed by atoms with Gasteiger partial charge >= 0.3 is 0 Å². The van der Waals surface area contributed by atoms with Gasteiger partial charge in [-0.25, -0.2) is 0 Å². The summed E-state index contributed by atoms with van der Waals surface area (Å²) in [5.41, 5.74) is 2.20. The predicted molar refractivity (Wildman–Crippen MR) is 75.1 cm³/mol. The first kappa shape index (κ1) is 11.4. The largest absolute Gasteiger partial charge is 0.753 e. The van der Waals surface area contributed by atoms with Crippen LogP contribution in [0.1, 0.15) is 6.92 Å². The van der Waals surface area contributed by atoms with Crippen LogP contribution in [-0.2, 0) is 0 Å². The van der Waals surface area contributed by atoms with E-state index >= 15 is 0 Å². The molecule has 1 aromatic rings. The van der Waals surface area contributed by atoms with Crippen LogP contribution in [0.2, 0.25) is 5.02 Å². The van der Waals surface area contributed by atoms with E-state index in [2.05, 4.69) is 5.32 Å². The molecule has 0 saturated carbocycles. The zero-order valence-electron chi connectivity index (χ0n) is 9.77. The first-order valence-electron chi connectivity index (χ1n) is 5.63. The quantitative estimate of drug-likeness (QED) is 0.764. The number of hydroxylamine groups is 1. The minimum Gasteiger partial charge on any atom is -0.753 e. The van der Waals surface area contributed by atoms with E-state index in [9.17, 15) is 5.21 Å². The van der Waals surface area contributed by atoms with Crippen LogP contribution in [0, 0.1) is 11.1 Å². The second-order valence-corrected chi connectivity index (χ2v) is 4.73. The van der Waals surface area contributed by atoms with Gasteiger partial charge in [-0.2, -0.15) is 0 Å². The predicted octanol–water partition coefficient (Wildman–Crippen LogP) is 4.00. The summed E-state index contributed by atoms with van der Waals surface area (Å²) in [5.74, 6) is 1.70. The summed E-state index contributed by atoms with van der Waals surface area (Å²) < 4.78 is 0. The number of halogens is 1. The number of nitrogens with zero attached hydrogens (tertiary/aromatic N) is 1. The van der Waals surface area contributed by atoms with Gasteiger partial charge < -0.3 is 15.6 Å². The summed E-state index contributed by atoms with van der Waals surface area (Å²) in [6.45, 7) is 2.01. The monoisotopic (exact) mass is 258 g/mol. The minimum atomic E-state index is 0.535.